The Morgan fingerprint density at radius 3 is 2.79 bits per heavy atom. The van der Waals surface area contributed by atoms with Gasteiger partial charge in [-0.2, -0.15) is 0 Å². The zero-order chi connectivity index (χ0) is 16.1. The third-order valence-electron chi connectivity index (χ3n) is 5.84. The Morgan fingerprint density at radius 2 is 2.12 bits per heavy atom. The number of halogens is 1. The molecule has 2 aliphatic carbocycles. The van der Waals surface area contributed by atoms with Gasteiger partial charge in [0.15, 0.2) is 5.96 Å². The minimum atomic E-state index is 0. The maximum absolute atomic E-state index is 6.00. The topological polar surface area (TPSA) is 54.9 Å². The molecule has 1 spiro atoms. The summed E-state index contributed by atoms with van der Waals surface area (Å²) in [6.45, 7) is 8.56. The molecule has 3 atom stereocenters. The zero-order valence-corrected chi connectivity index (χ0v) is 17.5. The lowest BCUT2D eigenvalue weighted by molar-refractivity contribution is -0.171. The highest BCUT2D eigenvalue weighted by Crippen LogP contribution is 2.62. The first-order chi connectivity index (χ1) is 11.3. The van der Waals surface area contributed by atoms with Crippen LogP contribution < -0.4 is 10.6 Å². The third kappa shape index (κ3) is 4.01. The van der Waals surface area contributed by atoms with E-state index in [0.29, 0.717) is 23.5 Å². The van der Waals surface area contributed by atoms with Crippen molar-refractivity contribution in [1.82, 2.24) is 10.6 Å². The largest absolute Gasteiger partial charge is 0.382 e. The molecular weight excluding hydrogens is 417 g/mol. The molecule has 1 aliphatic heterocycles. The van der Waals surface area contributed by atoms with Crippen LogP contribution in [0, 0.1) is 11.3 Å². The normalized spacial score (nSPS) is 30.1. The average Bonchev–Trinajstić information content (AvgIpc) is 2.91. The monoisotopic (exact) mass is 451 g/mol. The second kappa shape index (κ2) is 9.57. The summed E-state index contributed by atoms with van der Waals surface area (Å²) >= 11 is 0. The molecule has 6 heteroatoms. The third-order valence-corrected chi connectivity index (χ3v) is 5.84. The van der Waals surface area contributed by atoms with Crippen LogP contribution in [0.3, 0.4) is 0 Å². The first-order valence-corrected chi connectivity index (χ1v) is 9.56. The molecular formula is C18H34IN3O2. The van der Waals surface area contributed by atoms with Crippen molar-refractivity contribution in [2.75, 3.05) is 32.9 Å². The summed E-state index contributed by atoms with van der Waals surface area (Å²) in [4.78, 5) is 4.77. The molecule has 3 fully saturated rings. The van der Waals surface area contributed by atoms with E-state index in [-0.39, 0.29) is 24.0 Å². The van der Waals surface area contributed by atoms with Crippen molar-refractivity contribution in [2.45, 2.75) is 64.5 Å². The molecule has 0 bridgehead atoms. The number of guanidine groups is 1. The minimum absolute atomic E-state index is 0. The Morgan fingerprint density at radius 1 is 1.29 bits per heavy atom. The van der Waals surface area contributed by atoms with Crippen molar-refractivity contribution in [3.63, 3.8) is 0 Å². The number of nitrogens with zero attached hydrogens (tertiary/aromatic N) is 1. The highest BCUT2D eigenvalue weighted by Gasteiger charge is 2.66. The van der Waals surface area contributed by atoms with Gasteiger partial charge in [0.2, 0.25) is 0 Å². The fraction of sp³-hybridized carbons (Fsp3) is 0.944. The van der Waals surface area contributed by atoms with Gasteiger partial charge in [0.1, 0.15) is 0 Å². The van der Waals surface area contributed by atoms with Gasteiger partial charge in [0.05, 0.1) is 6.10 Å². The van der Waals surface area contributed by atoms with Gasteiger partial charge in [-0.25, -0.2) is 0 Å². The van der Waals surface area contributed by atoms with E-state index in [1.54, 1.807) is 0 Å². The molecule has 24 heavy (non-hydrogen) atoms. The van der Waals surface area contributed by atoms with Crippen LogP contribution in [0.25, 0.3) is 0 Å². The van der Waals surface area contributed by atoms with Crippen molar-refractivity contribution in [1.29, 1.82) is 0 Å². The van der Waals surface area contributed by atoms with E-state index in [2.05, 4.69) is 17.6 Å². The maximum atomic E-state index is 6.00. The second-order valence-electron chi connectivity index (χ2n) is 7.12. The van der Waals surface area contributed by atoms with Crippen LogP contribution >= 0.6 is 24.0 Å². The van der Waals surface area contributed by atoms with Crippen LogP contribution in [0.2, 0.25) is 0 Å². The van der Waals surface area contributed by atoms with E-state index in [0.717, 1.165) is 51.7 Å². The molecule has 3 rings (SSSR count). The number of hydrogen-bond acceptors (Lipinski definition) is 3. The van der Waals surface area contributed by atoms with Gasteiger partial charge in [0, 0.05) is 50.3 Å². The molecule has 1 saturated heterocycles. The summed E-state index contributed by atoms with van der Waals surface area (Å²) in [6.07, 6.45) is 7.89. The number of hydrogen-bond donors (Lipinski definition) is 2. The van der Waals surface area contributed by atoms with Gasteiger partial charge < -0.3 is 20.1 Å². The van der Waals surface area contributed by atoms with Crippen molar-refractivity contribution in [2.24, 2.45) is 16.3 Å². The second-order valence-corrected chi connectivity index (χ2v) is 7.12. The average molecular weight is 451 g/mol. The van der Waals surface area contributed by atoms with E-state index in [1.807, 2.05) is 6.92 Å². The van der Waals surface area contributed by atoms with Crippen molar-refractivity contribution in [3.05, 3.63) is 0 Å². The number of nitrogens with one attached hydrogen (secondary N) is 2. The number of fused-ring (bicyclic) bond motifs is 2. The molecule has 0 radical (unpaired) electrons. The highest BCUT2D eigenvalue weighted by atomic mass is 127. The van der Waals surface area contributed by atoms with E-state index >= 15 is 0 Å². The predicted molar refractivity (Wildman–Crippen MR) is 108 cm³/mol. The van der Waals surface area contributed by atoms with Crippen LogP contribution in [-0.4, -0.2) is 51.0 Å². The van der Waals surface area contributed by atoms with Crippen molar-refractivity contribution < 1.29 is 9.47 Å². The van der Waals surface area contributed by atoms with Crippen LogP contribution in [0.5, 0.6) is 0 Å². The Hall–Kier alpha value is -0.0800. The van der Waals surface area contributed by atoms with Crippen LogP contribution in [0.15, 0.2) is 4.99 Å². The van der Waals surface area contributed by atoms with Gasteiger partial charge in [-0.05, 0) is 46.0 Å². The summed E-state index contributed by atoms with van der Waals surface area (Å²) in [5, 5.41) is 7.16. The molecule has 5 nitrogen and oxygen atoms in total. The molecule has 0 aromatic carbocycles. The summed E-state index contributed by atoms with van der Waals surface area (Å²) in [6, 6.07) is 0.560. The SMILES string of the molecule is CCNC(=NCCCCOCC)NC1C2CCOC2C12CCC2.I. The minimum Gasteiger partial charge on any atom is -0.382 e. The highest BCUT2D eigenvalue weighted by molar-refractivity contribution is 14.0. The van der Waals surface area contributed by atoms with Crippen molar-refractivity contribution >= 4 is 29.9 Å². The number of ether oxygens (including phenoxy) is 2. The molecule has 3 unspecified atom stereocenters. The van der Waals surface area contributed by atoms with Gasteiger partial charge >= 0.3 is 0 Å². The Bertz CT molecular complexity index is 415. The molecule has 1 heterocycles. The van der Waals surface area contributed by atoms with E-state index in [9.17, 15) is 0 Å². The lowest BCUT2D eigenvalue weighted by Gasteiger charge is -2.63. The van der Waals surface area contributed by atoms with Gasteiger partial charge in [-0.15, -0.1) is 24.0 Å². The Balaban J connectivity index is 0.00000208. The standard InChI is InChI=1S/C18H33N3O2.HI/c1-3-19-17(20-11-5-6-12-22-4-2)21-15-14-8-13-23-16(14)18(15)9-7-10-18;/h14-16H,3-13H2,1-2H3,(H2,19,20,21);1H. The molecule has 0 aromatic rings. The molecule has 0 amide bonds. The van der Waals surface area contributed by atoms with E-state index in [1.165, 1.54) is 25.7 Å². The summed E-state index contributed by atoms with van der Waals surface area (Å²) < 4.78 is 11.4. The van der Waals surface area contributed by atoms with Crippen LogP contribution in [0.4, 0.5) is 0 Å². The van der Waals surface area contributed by atoms with Gasteiger partial charge in [-0.3, -0.25) is 4.99 Å². The molecule has 2 N–H and O–H groups in total. The fourth-order valence-electron chi connectivity index (χ4n) is 4.57. The number of aliphatic imine (C=N–C) groups is 1. The molecule has 140 valence electrons. The summed E-state index contributed by atoms with van der Waals surface area (Å²) in [5.41, 5.74) is 0.409. The number of unbranched alkanes of at least 4 members (excludes halogenated alkanes) is 1. The molecule has 0 aromatic heterocycles. The predicted octanol–water partition coefficient (Wildman–Crippen LogP) is 2.93. The summed E-state index contributed by atoms with van der Waals surface area (Å²) in [7, 11) is 0. The quantitative estimate of drug-likeness (QED) is 0.258. The van der Waals surface area contributed by atoms with E-state index < -0.39 is 0 Å². The van der Waals surface area contributed by atoms with Crippen LogP contribution in [0.1, 0.15) is 52.4 Å². The first-order valence-electron chi connectivity index (χ1n) is 9.56. The van der Waals surface area contributed by atoms with Gasteiger partial charge in [-0.1, -0.05) is 6.42 Å². The smallest absolute Gasteiger partial charge is 0.191 e. The first kappa shape index (κ1) is 20.2. The van der Waals surface area contributed by atoms with E-state index in [4.69, 9.17) is 14.5 Å². The Labute approximate surface area is 163 Å². The summed E-state index contributed by atoms with van der Waals surface area (Å²) in [5.74, 6) is 1.68. The maximum Gasteiger partial charge on any atom is 0.191 e. The lowest BCUT2D eigenvalue weighted by atomic mass is 9.46. The molecule has 2 saturated carbocycles. The van der Waals surface area contributed by atoms with Crippen molar-refractivity contribution in [3.8, 4) is 0 Å². The lowest BCUT2D eigenvalue weighted by Crippen LogP contribution is -2.72. The number of rotatable bonds is 8. The van der Waals surface area contributed by atoms with Gasteiger partial charge in [0.25, 0.3) is 0 Å². The molecule has 3 aliphatic rings. The fourth-order valence-corrected chi connectivity index (χ4v) is 4.57. The van der Waals surface area contributed by atoms with Crippen LogP contribution in [-0.2, 0) is 9.47 Å². The zero-order valence-electron chi connectivity index (χ0n) is 15.2. The Kier molecular flexibility index (Phi) is 8.07.